The second-order valence-electron chi connectivity index (χ2n) is 10.3. The Morgan fingerprint density at radius 2 is 2.06 bits per heavy atom. The Labute approximate surface area is 199 Å². The molecule has 3 N–H and O–H groups in total. The first kappa shape index (κ1) is 23.8. The smallest absolute Gasteiger partial charge is 0.224 e. The van der Waals surface area contributed by atoms with Crippen molar-refractivity contribution in [3.05, 3.63) is 30.0 Å². The summed E-state index contributed by atoms with van der Waals surface area (Å²) in [7, 11) is 1.58. The lowest BCUT2D eigenvalue weighted by Crippen LogP contribution is -2.40. The van der Waals surface area contributed by atoms with Crippen molar-refractivity contribution in [1.82, 2.24) is 15.6 Å². The standard InChI is InChI=1S/C26H32N4O4/c1-26(2)13-17(25(33)30-26)10-18(14-27)28-24(32)16(9-15-7-8-15)11-22(31)21-12-19-20(29-21)5-4-6-23(19)34-3/h4-6,12,15-18,29H,7-11,13H2,1-3H3,(H,28,32)(H,30,33)/t16-,17-,18+/m1/s1. The van der Waals surface area contributed by atoms with Gasteiger partial charge in [0.1, 0.15) is 11.8 Å². The van der Waals surface area contributed by atoms with Gasteiger partial charge in [0.05, 0.1) is 18.9 Å². The summed E-state index contributed by atoms with van der Waals surface area (Å²) in [5, 5.41) is 16.2. The molecule has 8 heteroatoms. The van der Waals surface area contributed by atoms with Crippen LogP contribution in [0, 0.1) is 29.1 Å². The number of hydrogen-bond acceptors (Lipinski definition) is 5. The number of ether oxygens (including phenoxy) is 1. The Bertz CT molecular complexity index is 1140. The molecule has 0 unspecified atom stereocenters. The minimum atomic E-state index is -0.772. The van der Waals surface area contributed by atoms with Gasteiger partial charge in [-0.3, -0.25) is 14.4 Å². The molecule has 2 heterocycles. The summed E-state index contributed by atoms with van der Waals surface area (Å²) in [5.41, 5.74) is 0.928. The molecule has 3 atom stereocenters. The number of nitriles is 1. The average molecular weight is 465 g/mol. The molecule has 1 saturated heterocycles. The third-order valence-electron chi connectivity index (χ3n) is 6.84. The van der Waals surface area contributed by atoms with Gasteiger partial charge in [-0.15, -0.1) is 0 Å². The van der Waals surface area contributed by atoms with E-state index < -0.39 is 12.0 Å². The summed E-state index contributed by atoms with van der Waals surface area (Å²) < 4.78 is 5.38. The van der Waals surface area contributed by atoms with Crippen LogP contribution in [0.3, 0.4) is 0 Å². The average Bonchev–Trinajstić information content (AvgIpc) is 3.42. The number of nitrogens with zero attached hydrogens (tertiary/aromatic N) is 1. The van der Waals surface area contributed by atoms with Gasteiger partial charge in [-0.1, -0.05) is 18.9 Å². The maximum atomic E-state index is 13.2. The Kier molecular flexibility index (Phi) is 6.65. The molecule has 34 heavy (non-hydrogen) atoms. The van der Waals surface area contributed by atoms with E-state index in [4.69, 9.17) is 4.74 Å². The van der Waals surface area contributed by atoms with Crippen LogP contribution in [-0.2, 0) is 9.59 Å². The maximum absolute atomic E-state index is 13.2. The molecule has 2 amide bonds. The van der Waals surface area contributed by atoms with E-state index in [1.807, 2.05) is 32.0 Å². The molecular formula is C26H32N4O4. The van der Waals surface area contributed by atoms with Crippen LogP contribution in [0.1, 0.15) is 62.9 Å². The topological polar surface area (TPSA) is 124 Å². The van der Waals surface area contributed by atoms with Crippen molar-refractivity contribution in [3.63, 3.8) is 0 Å². The fourth-order valence-electron chi connectivity index (χ4n) is 4.93. The Morgan fingerprint density at radius 1 is 1.29 bits per heavy atom. The van der Waals surface area contributed by atoms with Gasteiger partial charge in [-0.2, -0.15) is 5.26 Å². The predicted molar refractivity (Wildman–Crippen MR) is 127 cm³/mol. The summed E-state index contributed by atoms with van der Waals surface area (Å²) in [4.78, 5) is 41.6. The molecule has 4 rings (SSSR count). The van der Waals surface area contributed by atoms with Gasteiger partial charge >= 0.3 is 0 Å². The van der Waals surface area contributed by atoms with Gasteiger partial charge in [0.25, 0.3) is 0 Å². The summed E-state index contributed by atoms with van der Waals surface area (Å²) in [6, 6.07) is 8.68. The first-order valence-corrected chi connectivity index (χ1v) is 11.9. The number of nitrogens with one attached hydrogen (secondary N) is 3. The minimum absolute atomic E-state index is 0.0621. The quantitative estimate of drug-likeness (QED) is 0.465. The van der Waals surface area contributed by atoms with Gasteiger partial charge < -0.3 is 20.4 Å². The van der Waals surface area contributed by atoms with Crippen molar-refractivity contribution < 1.29 is 19.1 Å². The Balaban J connectivity index is 1.44. The summed E-state index contributed by atoms with van der Waals surface area (Å²) in [6.45, 7) is 3.89. The number of rotatable bonds is 10. The van der Waals surface area contributed by atoms with Crippen molar-refractivity contribution in [2.75, 3.05) is 7.11 Å². The highest BCUT2D eigenvalue weighted by molar-refractivity contribution is 6.02. The summed E-state index contributed by atoms with van der Waals surface area (Å²) in [6.07, 6.45) is 3.68. The number of benzene rings is 1. The van der Waals surface area contributed by atoms with E-state index in [0.29, 0.717) is 30.2 Å². The molecule has 2 fully saturated rings. The number of Topliss-reactive ketones (excluding diaryl/α,β-unsaturated/α-hetero) is 1. The van der Waals surface area contributed by atoms with E-state index in [-0.39, 0.29) is 41.9 Å². The van der Waals surface area contributed by atoms with Crippen LogP contribution in [0.25, 0.3) is 10.9 Å². The number of carbonyl (C=O) groups is 3. The SMILES string of the molecule is COc1cccc2[nH]c(C(=O)C[C@@H](CC3CC3)C(=O)N[C@H](C#N)C[C@@H]3CC(C)(C)NC3=O)cc12. The van der Waals surface area contributed by atoms with E-state index in [9.17, 15) is 19.6 Å². The first-order valence-electron chi connectivity index (χ1n) is 11.9. The van der Waals surface area contributed by atoms with Gasteiger partial charge in [-0.05, 0) is 57.2 Å². The van der Waals surface area contributed by atoms with Crippen molar-refractivity contribution in [3.8, 4) is 11.8 Å². The zero-order valence-electron chi connectivity index (χ0n) is 19.9. The fraction of sp³-hybridized carbons (Fsp3) is 0.538. The number of methoxy groups -OCH3 is 1. The molecule has 1 aromatic carbocycles. The molecule has 0 radical (unpaired) electrons. The molecule has 1 aliphatic carbocycles. The van der Waals surface area contributed by atoms with Crippen LogP contribution in [0.2, 0.25) is 0 Å². The number of ketones is 1. The molecule has 8 nitrogen and oxygen atoms in total. The first-order chi connectivity index (χ1) is 16.2. The highest BCUT2D eigenvalue weighted by atomic mass is 16.5. The van der Waals surface area contributed by atoms with E-state index >= 15 is 0 Å². The fourth-order valence-corrected chi connectivity index (χ4v) is 4.93. The molecular weight excluding hydrogens is 432 g/mol. The number of aromatic amines is 1. The van der Waals surface area contributed by atoms with Crippen LogP contribution in [0.15, 0.2) is 24.3 Å². The number of fused-ring (bicyclic) bond motifs is 1. The van der Waals surface area contributed by atoms with Gasteiger partial charge in [0, 0.05) is 34.7 Å². The van der Waals surface area contributed by atoms with Crippen molar-refractivity contribution in [2.45, 2.75) is 64.0 Å². The number of H-pyrrole nitrogens is 1. The zero-order valence-corrected chi connectivity index (χ0v) is 19.9. The van der Waals surface area contributed by atoms with Crippen LogP contribution < -0.4 is 15.4 Å². The largest absolute Gasteiger partial charge is 0.496 e. The molecule has 1 saturated carbocycles. The van der Waals surface area contributed by atoms with Gasteiger partial charge in [0.2, 0.25) is 11.8 Å². The van der Waals surface area contributed by atoms with E-state index in [1.54, 1.807) is 13.2 Å². The number of aromatic nitrogens is 1. The monoisotopic (exact) mass is 464 g/mol. The Morgan fingerprint density at radius 3 is 2.68 bits per heavy atom. The lowest BCUT2D eigenvalue weighted by atomic mass is 9.90. The Hall–Kier alpha value is -3.34. The molecule has 0 spiro atoms. The second kappa shape index (κ2) is 9.49. The van der Waals surface area contributed by atoms with E-state index in [2.05, 4.69) is 21.7 Å². The van der Waals surface area contributed by atoms with Crippen molar-refractivity contribution in [1.29, 1.82) is 5.26 Å². The van der Waals surface area contributed by atoms with Gasteiger partial charge in [0.15, 0.2) is 5.78 Å². The van der Waals surface area contributed by atoms with E-state index in [0.717, 1.165) is 23.7 Å². The third-order valence-corrected chi connectivity index (χ3v) is 6.84. The summed E-state index contributed by atoms with van der Waals surface area (Å²) in [5.74, 6) is -0.242. The lowest BCUT2D eigenvalue weighted by Gasteiger charge is -2.20. The number of hydrogen-bond donors (Lipinski definition) is 3. The molecule has 180 valence electrons. The molecule has 1 aliphatic heterocycles. The highest BCUT2D eigenvalue weighted by Crippen LogP contribution is 2.37. The van der Waals surface area contributed by atoms with Gasteiger partial charge in [-0.25, -0.2) is 0 Å². The lowest BCUT2D eigenvalue weighted by molar-refractivity contribution is -0.127. The maximum Gasteiger partial charge on any atom is 0.224 e. The molecule has 2 aromatic rings. The van der Waals surface area contributed by atoms with Crippen LogP contribution in [-0.4, -0.2) is 41.3 Å². The normalized spacial score (nSPS) is 20.9. The summed E-state index contributed by atoms with van der Waals surface area (Å²) >= 11 is 0. The second-order valence-corrected chi connectivity index (χ2v) is 10.3. The molecule has 2 aliphatic rings. The predicted octanol–water partition coefficient (Wildman–Crippen LogP) is 3.48. The minimum Gasteiger partial charge on any atom is -0.496 e. The number of amides is 2. The number of carbonyl (C=O) groups excluding carboxylic acids is 3. The van der Waals surface area contributed by atoms with E-state index in [1.165, 1.54) is 0 Å². The highest BCUT2D eigenvalue weighted by Gasteiger charge is 2.39. The molecule has 1 aromatic heterocycles. The van der Waals surface area contributed by atoms with Crippen LogP contribution in [0.5, 0.6) is 5.75 Å². The van der Waals surface area contributed by atoms with Crippen molar-refractivity contribution >= 4 is 28.5 Å². The molecule has 0 bridgehead atoms. The van der Waals surface area contributed by atoms with Crippen molar-refractivity contribution in [2.24, 2.45) is 17.8 Å². The third kappa shape index (κ3) is 5.41. The van der Waals surface area contributed by atoms with Crippen LogP contribution >= 0.6 is 0 Å². The zero-order chi connectivity index (χ0) is 24.5. The van der Waals surface area contributed by atoms with Crippen LogP contribution in [0.4, 0.5) is 0 Å².